The highest BCUT2D eigenvalue weighted by atomic mass is 16.5. The molecule has 0 unspecified atom stereocenters. The normalized spacial score (nSPS) is 28.2. The van der Waals surface area contributed by atoms with Crippen molar-refractivity contribution in [3.63, 3.8) is 0 Å². The summed E-state index contributed by atoms with van der Waals surface area (Å²) in [5, 5.41) is 13.7. The van der Waals surface area contributed by atoms with Gasteiger partial charge in [-0.3, -0.25) is 4.68 Å². The highest BCUT2D eigenvalue weighted by molar-refractivity contribution is 5.14. The summed E-state index contributed by atoms with van der Waals surface area (Å²) in [5.41, 5.74) is 1.08. The lowest BCUT2D eigenvalue weighted by molar-refractivity contribution is 0.124. The Bertz CT molecular complexity index is 285. The summed E-state index contributed by atoms with van der Waals surface area (Å²) in [6.45, 7) is 3.96. The predicted molar refractivity (Wildman–Crippen MR) is 47.5 cm³/mol. The Morgan fingerprint density at radius 1 is 1.69 bits per heavy atom. The van der Waals surface area contributed by atoms with Crippen molar-refractivity contribution in [3.8, 4) is 0 Å². The van der Waals surface area contributed by atoms with Gasteiger partial charge in [-0.05, 0) is 12.5 Å². The van der Waals surface area contributed by atoms with E-state index in [1.807, 2.05) is 24.0 Å². The fraction of sp³-hybridized carbons (Fsp3) is 0.667. The molecule has 0 amide bonds. The van der Waals surface area contributed by atoms with Crippen molar-refractivity contribution in [2.45, 2.75) is 25.5 Å². The van der Waals surface area contributed by atoms with E-state index in [0.717, 1.165) is 12.1 Å². The van der Waals surface area contributed by atoms with Crippen LogP contribution in [0.4, 0.5) is 0 Å². The number of rotatable bonds is 2. The van der Waals surface area contributed by atoms with E-state index in [2.05, 4.69) is 5.10 Å². The smallest absolute Gasteiger partial charge is 0.0865 e. The van der Waals surface area contributed by atoms with Gasteiger partial charge in [0.05, 0.1) is 25.5 Å². The first kappa shape index (κ1) is 8.72. The van der Waals surface area contributed by atoms with Crippen LogP contribution in [-0.4, -0.2) is 34.2 Å². The van der Waals surface area contributed by atoms with Crippen LogP contribution in [0.3, 0.4) is 0 Å². The zero-order chi connectivity index (χ0) is 9.26. The molecule has 0 saturated carbocycles. The topological polar surface area (TPSA) is 47.3 Å². The molecule has 1 aromatic rings. The lowest BCUT2D eigenvalue weighted by atomic mass is 10.00. The molecular formula is C9H14N2O2. The highest BCUT2D eigenvalue weighted by Gasteiger charge is 2.28. The first-order valence-corrected chi connectivity index (χ1v) is 4.59. The molecule has 4 heteroatoms. The summed E-state index contributed by atoms with van der Waals surface area (Å²) in [7, 11) is 0. The number of aliphatic hydroxyl groups is 1. The van der Waals surface area contributed by atoms with Crippen LogP contribution < -0.4 is 0 Å². The van der Waals surface area contributed by atoms with Gasteiger partial charge in [0.25, 0.3) is 0 Å². The third kappa shape index (κ3) is 1.59. The molecule has 0 radical (unpaired) electrons. The molecule has 1 fully saturated rings. The van der Waals surface area contributed by atoms with Crippen molar-refractivity contribution >= 4 is 0 Å². The van der Waals surface area contributed by atoms with E-state index in [4.69, 9.17) is 4.74 Å². The fourth-order valence-corrected chi connectivity index (χ4v) is 1.61. The van der Waals surface area contributed by atoms with Crippen molar-refractivity contribution in [2.75, 3.05) is 13.2 Å². The maximum absolute atomic E-state index is 9.56. The van der Waals surface area contributed by atoms with Crippen LogP contribution >= 0.6 is 0 Å². The SMILES string of the molecule is CCn1cc([C@@H]2COC[C@H]2O)cn1. The van der Waals surface area contributed by atoms with Crippen molar-refractivity contribution in [2.24, 2.45) is 0 Å². The molecule has 1 aliphatic heterocycles. The molecule has 1 aromatic heterocycles. The molecule has 2 heterocycles. The van der Waals surface area contributed by atoms with Crippen LogP contribution in [-0.2, 0) is 11.3 Å². The van der Waals surface area contributed by atoms with E-state index in [-0.39, 0.29) is 12.0 Å². The lowest BCUT2D eigenvalue weighted by Crippen LogP contribution is -2.15. The van der Waals surface area contributed by atoms with Gasteiger partial charge < -0.3 is 9.84 Å². The van der Waals surface area contributed by atoms with E-state index in [1.165, 1.54) is 0 Å². The molecular weight excluding hydrogens is 168 g/mol. The van der Waals surface area contributed by atoms with Gasteiger partial charge in [-0.2, -0.15) is 5.10 Å². The molecule has 1 N–H and O–H groups in total. The largest absolute Gasteiger partial charge is 0.390 e. The van der Waals surface area contributed by atoms with Crippen LogP contribution in [0.5, 0.6) is 0 Å². The van der Waals surface area contributed by atoms with Crippen molar-refractivity contribution in [3.05, 3.63) is 18.0 Å². The van der Waals surface area contributed by atoms with Crippen LogP contribution in [0.2, 0.25) is 0 Å². The van der Waals surface area contributed by atoms with Crippen LogP contribution in [0.1, 0.15) is 18.4 Å². The van der Waals surface area contributed by atoms with Gasteiger partial charge in [0.1, 0.15) is 0 Å². The lowest BCUT2D eigenvalue weighted by Gasteiger charge is -2.08. The van der Waals surface area contributed by atoms with Crippen molar-refractivity contribution in [1.29, 1.82) is 0 Å². The van der Waals surface area contributed by atoms with Gasteiger partial charge in [-0.25, -0.2) is 0 Å². The molecule has 1 saturated heterocycles. The number of aliphatic hydroxyl groups excluding tert-OH is 1. The molecule has 0 aromatic carbocycles. The first-order valence-electron chi connectivity index (χ1n) is 4.59. The Balaban J connectivity index is 2.15. The highest BCUT2D eigenvalue weighted by Crippen LogP contribution is 2.24. The summed E-state index contributed by atoms with van der Waals surface area (Å²) in [6.07, 6.45) is 3.42. The molecule has 0 aliphatic carbocycles. The zero-order valence-electron chi connectivity index (χ0n) is 7.68. The molecule has 4 nitrogen and oxygen atoms in total. The van der Waals surface area contributed by atoms with Crippen molar-refractivity contribution < 1.29 is 9.84 Å². The van der Waals surface area contributed by atoms with Crippen LogP contribution in [0, 0.1) is 0 Å². The summed E-state index contributed by atoms with van der Waals surface area (Å²) >= 11 is 0. The number of aryl methyl sites for hydroxylation is 1. The maximum Gasteiger partial charge on any atom is 0.0865 e. The van der Waals surface area contributed by atoms with Crippen LogP contribution in [0.25, 0.3) is 0 Å². The number of aromatic nitrogens is 2. The minimum Gasteiger partial charge on any atom is -0.390 e. The van der Waals surface area contributed by atoms with Gasteiger partial charge in [0.15, 0.2) is 0 Å². The van der Waals surface area contributed by atoms with Gasteiger partial charge in [0.2, 0.25) is 0 Å². The Labute approximate surface area is 77.1 Å². The molecule has 0 spiro atoms. The Morgan fingerprint density at radius 3 is 3.08 bits per heavy atom. The number of nitrogens with zero attached hydrogens (tertiary/aromatic N) is 2. The average molecular weight is 182 g/mol. The number of ether oxygens (including phenoxy) is 1. The third-order valence-electron chi connectivity index (χ3n) is 2.46. The zero-order valence-corrected chi connectivity index (χ0v) is 7.68. The van der Waals surface area contributed by atoms with Gasteiger partial charge in [-0.1, -0.05) is 0 Å². The van der Waals surface area contributed by atoms with E-state index < -0.39 is 0 Å². The maximum atomic E-state index is 9.56. The molecule has 13 heavy (non-hydrogen) atoms. The number of hydrogen-bond donors (Lipinski definition) is 1. The van der Waals surface area contributed by atoms with Crippen LogP contribution in [0.15, 0.2) is 12.4 Å². The first-order chi connectivity index (χ1) is 6.31. The summed E-state index contributed by atoms with van der Waals surface area (Å²) in [6, 6.07) is 0. The summed E-state index contributed by atoms with van der Waals surface area (Å²) in [4.78, 5) is 0. The Kier molecular flexibility index (Phi) is 2.33. The van der Waals surface area contributed by atoms with E-state index in [9.17, 15) is 5.11 Å². The average Bonchev–Trinajstić information content (AvgIpc) is 2.71. The monoisotopic (exact) mass is 182 g/mol. The molecule has 0 bridgehead atoms. The van der Waals surface area contributed by atoms with Gasteiger partial charge >= 0.3 is 0 Å². The van der Waals surface area contributed by atoms with E-state index >= 15 is 0 Å². The standard InChI is InChI=1S/C9H14N2O2/c1-2-11-4-7(3-10-11)8-5-13-6-9(8)12/h3-4,8-9,12H,2,5-6H2,1H3/t8-,9+/m0/s1. The minimum absolute atomic E-state index is 0.111. The molecule has 2 rings (SSSR count). The number of hydrogen-bond acceptors (Lipinski definition) is 3. The quantitative estimate of drug-likeness (QED) is 0.719. The summed E-state index contributed by atoms with van der Waals surface area (Å²) in [5.74, 6) is 0.111. The second-order valence-electron chi connectivity index (χ2n) is 3.34. The van der Waals surface area contributed by atoms with Crippen molar-refractivity contribution in [1.82, 2.24) is 9.78 Å². The third-order valence-corrected chi connectivity index (χ3v) is 2.46. The molecule has 72 valence electrons. The molecule has 2 atom stereocenters. The van der Waals surface area contributed by atoms with Gasteiger partial charge in [-0.15, -0.1) is 0 Å². The fourth-order valence-electron chi connectivity index (χ4n) is 1.61. The second kappa shape index (κ2) is 3.47. The Hall–Kier alpha value is -0.870. The van der Waals surface area contributed by atoms with Gasteiger partial charge in [0, 0.05) is 18.7 Å². The predicted octanol–water partition coefficient (Wildman–Crippen LogP) is 0.378. The summed E-state index contributed by atoms with van der Waals surface area (Å²) < 4.78 is 7.04. The molecule has 1 aliphatic rings. The van der Waals surface area contributed by atoms with E-state index in [0.29, 0.717) is 13.2 Å². The van der Waals surface area contributed by atoms with E-state index in [1.54, 1.807) is 0 Å². The minimum atomic E-state index is -0.366. The Morgan fingerprint density at radius 2 is 2.54 bits per heavy atom. The second-order valence-corrected chi connectivity index (χ2v) is 3.34.